The maximum atomic E-state index is 15.3. The van der Waals surface area contributed by atoms with Crippen LogP contribution in [-0.2, 0) is 42.4 Å². The van der Waals surface area contributed by atoms with E-state index in [1.807, 2.05) is 0 Å². The Morgan fingerprint density at radius 2 is 1.58 bits per heavy atom. The zero-order chi connectivity index (χ0) is 51.5. The molecule has 1 amide bonds. The Morgan fingerprint density at radius 1 is 0.979 bits per heavy atom. The third-order valence-corrected chi connectivity index (χ3v) is 7.38. The first kappa shape index (κ1) is 18.2. The highest BCUT2D eigenvalue weighted by Gasteiger charge is 2.30. The summed E-state index contributed by atoms with van der Waals surface area (Å²) >= 11 is -0.231. The molecule has 3 aromatic carbocycles. The standard InChI is InChI=1S/C37H40F4N4O2S/c1-4-43(5-2)18-19-44(22-26-6-10-28(11-7-26)29-12-14-30(15-13-29)37(39,40)41)34(46)23-45-33-21-25(3)20-32(33)35(47)42-36(45)48-24-27-8-16-31(38)17-9-27/h6-17,25H,4-5,18-24H2,1-3H3/i4D2,5D2,18D2,19D2,20D2,21D2,22D2,23D2,24D2,25D. The molecule has 0 spiro atoms. The molecule has 1 aliphatic rings. The summed E-state index contributed by atoms with van der Waals surface area (Å²) in [5.41, 5.74) is -9.47. The lowest BCUT2D eigenvalue weighted by atomic mass is 10.0. The van der Waals surface area contributed by atoms with Crippen LogP contribution in [-0.4, -0.2) is 51.2 Å². The molecular formula is C37H40F4N4O2S. The Morgan fingerprint density at radius 3 is 2.19 bits per heavy atom. The molecule has 0 aliphatic heterocycles. The van der Waals surface area contributed by atoms with Crippen LogP contribution in [0.25, 0.3) is 11.1 Å². The van der Waals surface area contributed by atoms with Crippen LogP contribution in [0.1, 0.15) is 74.8 Å². The highest BCUT2D eigenvalue weighted by molar-refractivity contribution is 7.98. The summed E-state index contributed by atoms with van der Waals surface area (Å²) in [6.07, 6.45) is -11.7. The third kappa shape index (κ3) is 8.73. The maximum Gasteiger partial charge on any atom is 0.416 e. The summed E-state index contributed by atoms with van der Waals surface area (Å²) in [4.78, 5) is 31.6. The van der Waals surface area contributed by atoms with Crippen molar-refractivity contribution in [2.24, 2.45) is 5.89 Å². The summed E-state index contributed by atoms with van der Waals surface area (Å²) in [6, 6.07) is 10.9. The first-order chi connectivity index (χ1) is 29.9. The number of rotatable bonds is 13. The van der Waals surface area contributed by atoms with Crippen LogP contribution in [0, 0.1) is 11.7 Å². The molecule has 0 bridgehead atoms. The van der Waals surface area contributed by atoms with Crippen molar-refractivity contribution in [3.05, 3.63) is 117 Å². The summed E-state index contributed by atoms with van der Waals surface area (Å²) in [7, 11) is 0. The van der Waals surface area contributed by atoms with Crippen LogP contribution < -0.4 is 5.56 Å². The molecule has 5 rings (SSSR count). The molecular weight excluding hydrogens is 640 g/mol. The largest absolute Gasteiger partial charge is 0.416 e. The number of halogens is 4. The first-order valence-electron chi connectivity index (χ1n) is 23.5. The molecule has 0 saturated heterocycles. The van der Waals surface area contributed by atoms with E-state index in [0.29, 0.717) is 20.8 Å². The van der Waals surface area contributed by atoms with E-state index in [4.69, 9.17) is 17.8 Å². The lowest BCUT2D eigenvalue weighted by Gasteiger charge is -2.28. The minimum Gasteiger partial charge on any atom is -0.336 e. The van der Waals surface area contributed by atoms with Crippen LogP contribution in [0.2, 0.25) is 0 Å². The number of carbonyl (C=O) groups excluding carboxylic acids is 1. The number of nitrogens with zero attached hydrogens (tertiary/aromatic N) is 4. The van der Waals surface area contributed by atoms with Gasteiger partial charge in [-0.15, -0.1) is 0 Å². The molecule has 1 unspecified atom stereocenters. The van der Waals surface area contributed by atoms with E-state index >= 15 is 4.79 Å². The van der Waals surface area contributed by atoms with Crippen LogP contribution >= 0.6 is 11.8 Å². The van der Waals surface area contributed by atoms with E-state index in [0.717, 1.165) is 72.8 Å². The van der Waals surface area contributed by atoms with Crippen molar-refractivity contribution in [1.82, 2.24) is 19.4 Å². The van der Waals surface area contributed by atoms with Gasteiger partial charge >= 0.3 is 6.18 Å². The average Bonchev–Trinajstić information content (AvgIpc) is 3.26. The Balaban J connectivity index is 1.86. The number of aromatic nitrogens is 2. The Labute approximate surface area is 309 Å². The topological polar surface area (TPSA) is 58.4 Å². The molecule has 1 aliphatic carbocycles. The lowest BCUT2D eigenvalue weighted by molar-refractivity contribution is -0.137. The van der Waals surface area contributed by atoms with Crippen molar-refractivity contribution in [1.29, 1.82) is 0 Å². The van der Waals surface area contributed by atoms with Crippen molar-refractivity contribution in [2.75, 3.05) is 26.0 Å². The fourth-order valence-electron chi connectivity index (χ4n) is 4.24. The van der Waals surface area contributed by atoms with E-state index in [9.17, 15) is 30.6 Å². The Bertz CT molecular complexity index is 2590. The second kappa shape index (κ2) is 15.5. The van der Waals surface area contributed by atoms with Gasteiger partial charge in [-0.3, -0.25) is 9.59 Å². The molecule has 0 radical (unpaired) electrons. The molecule has 6 nitrogen and oxygen atoms in total. The fourth-order valence-corrected chi connectivity index (χ4v) is 4.94. The normalized spacial score (nSPS) is 26.0. The van der Waals surface area contributed by atoms with Gasteiger partial charge in [-0.25, -0.2) is 4.39 Å². The number of benzene rings is 3. The van der Waals surface area contributed by atoms with Gasteiger partial charge in [-0.1, -0.05) is 81.1 Å². The maximum absolute atomic E-state index is 15.3. The number of thioether (sulfide) groups is 1. The van der Waals surface area contributed by atoms with Gasteiger partial charge in [0.05, 0.1) is 13.8 Å². The Kier molecular flexibility index (Phi) is 5.86. The molecule has 1 aromatic heterocycles. The van der Waals surface area contributed by atoms with Crippen LogP contribution in [0.5, 0.6) is 0 Å². The van der Waals surface area contributed by atoms with E-state index in [2.05, 4.69) is 4.98 Å². The highest BCUT2D eigenvalue weighted by Crippen LogP contribution is 2.32. The number of hydrogen-bond acceptors (Lipinski definition) is 5. The summed E-state index contributed by atoms with van der Waals surface area (Å²) in [5, 5.41) is -1.31. The van der Waals surface area contributed by atoms with Crippen LogP contribution in [0.15, 0.2) is 82.7 Å². The molecule has 48 heavy (non-hydrogen) atoms. The van der Waals surface area contributed by atoms with Gasteiger partial charge in [0, 0.05) is 54.3 Å². The highest BCUT2D eigenvalue weighted by atomic mass is 32.2. The van der Waals surface area contributed by atoms with Crippen molar-refractivity contribution < 1.29 is 48.4 Å². The average molecular weight is 700 g/mol. The van der Waals surface area contributed by atoms with E-state index in [-0.39, 0.29) is 32.4 Å². The van der Waals surface area contributed by atoms with Gasteiger partial charge in [-0.05, 0) is 78.2 Å². The smallest absolute Gasteiger partial charge is 0.336 e. The van der Waals surface area contributed by atoms with Crippen molar-refractivity contribution in [3.63, 3.8) is 0 Å². The van der Waals surface area contributed by atoms with Crippen molar-refractivity contribution in [3.8, 4) is 11.1 Å². The quantitative estimate of drug-likeness (QED) is 0.0824. The summed E-state index contributed by atoms with van der Waals surface area (Å²) in [6.45, 7) is -21.6. The summed E-state index contributed by atoms with van der Waals surface area (Å²) < 4.78 is 222. The second-order valence-electron chi connectivity index (χ2n) is 9.87. The zero-order valence-corrected chi connectivity index (χ0v) is 26.3. The Hall–Kier alpha value is -3.96. The second-order valence-corrected chi connectivity index (χ2v) is 10.6. The minimum absolute atomic E-state index is 0.103. The van der Waals surface area contributed by atoms with E-state index < -0.39 is 125 Å². The fraction of sp³-hybridized carbons (Fsp3) is 0.378. The molecule has 11 heteroatoms. The third-order valence-electron chi connectivity index (χ3n) is 6.59. The predicted molar refractivity (Wildman–Crippen MR) is 181 cm³/mol. The molecule has 1 heterocycles. The van der Waals surface area contributed by atoms with Crippen LogP contribution in [0.3, 0.4) is 0 Å². The molecule has 4 aromatic rings. The predicted octanol–water partition coefficient (Wildman–Crippen LogP) is 7.47. The molecule has 0 fully saturated rings. The first-order valence-corrected chi connectivity index (χ1v) is 14.8. The summed E-state index contributed by atoms with van der Waals surface area (Å²) in [5.74, 6) is -6.51. The number of likely N-dealkylation sites (N-methyl/N-ethyl adjacent to an activating group) is 1. The molecule has 254 valence electrons. The monoisotopic (exact) mass is 699 g/mol. The minimum atomic E-state index is -4.71. The molecule has 1 atom stereocenters. The number of carbonyl (C=O) groups is 1. The number of alkyl halides is 3. The zero-order valence-electron chi connectivity index (χ0n) is 44.5. The van der Waals surface area contributed by atoms with Crippen LogP contribution in [0.4, 0.5) is 17.6 Å². The van der Waals surface area contributed by atoms with Gasteiger partial charge in [0.1, 0.15) is 12.3 Å². The van der Waals surface area contributed by atoms with Gasteiger partial charge in [0.15, 0.2) is 5.16 Å². The molecule has 0 saturated carbocycles. The van der Waals surface area contributed by atoms with Gasteiger partial charge in [-0.2, -0.15) is 18.2 Å². The number of hydrogen-bond donors (Lipinski definition) is 0. The van der Waals surface area contributed by atoms with E-state index in [1.165, 1.54) is 0 Å². The van der Waals surface area contributed by atoms with Gasteiger partial charge < -0.3 is 14.4 Å². The molecule has 0 N–H and O–H groups in total. The lowest BCUT2D eigenvalue weighted by Crippen LogP contribution is -2.40. The van der Waals surface area contributed by atoms with Gasteiger partial charge in [0.25, 0.3) is 5.56 Å². The number of amides is 1. The van der Waals surface area contributed by atoms with E-state index in [1.54, 1.807) is 0 Å². The van der Waals surface area contributed by atoms with Crippen molar-refractivity contribution >= 4 is 17.7 Å². The van der Waals surface area contributed by atoms with Crippen molar-refractivity contribution in [2.45, 2.75) is 63.5 Å². The van der Waals surface area contributed by atoms with Gasteiger partial charge in [0.2, 0.25) is 5.91 Å². The SMILES string of the molecule is [2H]C([2H])(Sc1nc(=O)c2c(n1C([2H])([2H])C(=O)N(C([2H])([2H])c1ccc(-c3ccc(C(F)(F)F)cc3)cc1)C([2H])([2H])C([2H])([2H])N(C([2H])([2H])C)C([2H])([2H])C)C([2H])([2H])C([2H])(C)C2([2H])[2H])c1ccc(F)cc1. The number of fused-ring (bicyclic) bond motifs is 1.